The third kappa shape index (κ3) is 2.06. The van der Waals surface area contributed by atoms with E-state index in [1.54, 1.807) is 17.5 Å². The molecule has 0 amide bonds. The molecule has 0 atom stereocenters. The number of hydrogen-bond donors (Lipinski definition) is 2. The van der Waals surface area contributed by atoms with Gasteiger partial charge in [-0.15, -0.1) is 11.3 Å². The molecule has 5 nitrogen and oxygen atoms in total. The molecule has 0 aliphatic heterocycles. The number of nitrogens with zero attached hydrogens (tertiary/aromatic N) is 3. The lowest BCUT2D eigenvalue weighted by Gasteiger charge is -2.05. The van der Waals surface area contributed by atoms with Crippen LogP contribution >= 0.6 is 11.3 Å². The number of benzene rings is 1. The zero-order valence-corrected chi connectivity index (χ0v) is 10.8. The van der Waals surface area contributed by atoms with Gasteiger partial charge in [-0.3, -0.25) is 0 Å². The lowest BCUT2D eigenvalue weighted by atomic mass is 10.1. The van der Waals surface area contributed by atoms with Gasteiger partial charge < -0.3 is 15.5 Å². The maximum atomic E-state index is 8.81. The van der Waals surface area contributed by atoms with Crippen LogP contribution in [0.5, 0.6) is 0 Å². The van der Waals surface area contributed by atoms with Gasteiger partial charge in [0.1, 0.15) is 5.01 Å². The molecule has 3 rings (SSSR count). The number of amidine groups is 1. The summed E-state index contributed by atoms with van der Waals surface area (Å²) in [7, 11) is 0. The van der Waals surface area contributed by atoms with E-state index in [-0.39, 0.29) is 5.84 Å². The fourth-order valence-electron chi connectivity index (χ4n) is 2.12. The van der Waals surface area contributed by atoms with Gasteiger partial charge in [0.05, 0.1) is 6.54 Å². The van der Waals surface area contributed by atoms with Gasteiger partial charge in [0.25, 0.3) is 0 Å². The van der Waals surface area contributed by atoms with E-state index in [1.807, 2.05) is 35.8 Å². The first kappa shape index (κ1) is 11.7. The zero-order valence-electron chi connectivity index (χ0n) is 10.0. The minimum Gasteiger partial charge on any atom is -0.409 e. The van der Waals surface area contributed by atoms with Crippen LogP contribution in [0.25, 0.3) is 10.9 Å². The highest BCUT2D eigenvalue weighted by molar-refractivity contribution is 7.09. The zero-order chi connectivity index (χ0) is 13.2. The number of thiazole rings is 1. The summed E-state index contributed by atoms with van der Waals surface area (Å²) in [5, 5.41) is 15.9. The van der Waals surface area contributed by atoms with Crippen LogP contribution in [0.2, 0.25) is 0 Å². The Bertz CT molecular complexity index is 730. The van der Waals surface area contributed by atoms with Crippen molar-refractivity contribution < 1.29 is 5.21 Å². The van der Waals surface area contributed by atoms with E-state index in [1.165, 1.54) is 0 Å². The summed E-state index contributed by atoms with van der Waals surface area (Å²) in [5.74, 6) is 0.123. The van der Waals surface area contributed by atoms with Crippen LogP contribution in [0.15, 0.2) is 47.2 Å². The molecule has 3 N–H and O–H groups in total. The van der Waals surface area contributed by atoms with Crippen molar-refractivity contribution in [2.24, 2.45) is 10.9 Å². The molecule has 0 saturated carbocycles. The highest BCUT2D eigenvalue weighted by Crippen LogP contribution is 2.21. The second-order valence-corrected chi connectivity index (χ2v) is 5.07. The number of nitrogens with two attached hydrogens (primary N) is 1. The molecule has 0 unspecified atom stereocenters. The molecule has 0 aliphatic rings. The van der Waals surface area contributed by atoms with Crippen molar-refractivity contribution in [1.82, 2.24) is 9.55 Å². The predicted octanol–water partition coefficient (Wildman–Crippen LogP) is 2.24. The van der Waals surface area contributed by atoms with E-state index in [0.29, 0.717) is 0 Å². The van der Waals surface area contributed by atoms with Gasteiger partial charge in [-0.05, 0) is 12.1 Å². The van der Waals surface area contributed by atoms with Crippen molar-refractivity contribution in [3.8, 4) is 0 Å². The quantitative estimate of drug-likeness (QED) is 0.332. The van der Waals surface area contributed by atoms with E-state index >= 15 is 0 Å². The number of hydrogen-bond acceptors (Lipinski definition) is 4. The van der Waals surface area contributed by atoms with Crippen molar-refractivity contribution in [3.05, 3.63) is 52.6 Å². The first-order valence-corrected chi connectivity index (χ1v) is 6.61. The Kier molecular flexibility index (Phi) is 2.92. The summed E-state index contributed by atoms with van der Waals surface area (Å²) >= 11 is 1.62. The summed E-state index contributed by atoms with van der Waals surface area (Å²) in [6.07, 6.45) is 3.79. The summed E-state index contributed by atoms with van der Waals surface area (Å²) in [6, 6.07) is 7.71. The maximum absolute atomic E-state index is 8.81. The average Bonchev–Trinajstić information content (AvgIpc) is 3.08. The lowest BCUT2D eigenvalue weighted by Crippen LogP contribution is -2.13. The van der Waals surface area contributed by atoms with Crippen LogP contribution in [-0.4, -0.2) is 20.6 Å². The smallest absolute Gasteiger partial charge is 0.170 e. The van der Waals surface area contributed by atoms with Crippen molar-refractivity contribution >= 4 is 28.1 Å². The minimum absolute atomic E-state index is 0.123. The maximum Gasteiger partial charge on any atom is 0.170 e. The molecule has 19 heavy (non-hydrogen) atoms. The van der Waals surface area contributed by atoms with Crippen molar-refractivity contribution in [3.63, 3.8) is 0 Å². The summed E-state index contributed by atoms with van der Waals surface area (Å²) in [5.41, 5.74) is 7.46. The molecular weight excluding hydrogens is 260 g/mol. The van der Waals surface area contributed by atoms with E-state index in [4.69, 9.17) is 10.9 Å². The second-order valence-electron chi connectivity index (χ2n) is 4.09. The Hall–Kier alpha value is -2.34. The molecule has 6 heteroatoms. The molecule has 0 spiro atoms. The molecule has 0 fully saturated rings. The third-order valence-corrected chi connectivity index (χ3v) is 3.75. The fourth-order valence-corrected chi connectivity index (χ4v) is 2.73. The second kappa shape index (κ2) is 4.74. The largest absolute Gasteiger partial charge is 0.409 e. The minimum atomic E-state index is 0.123. The first-order chi connectivity index (χ1) is 9.29. The number of fused-ring (bicyclic) bond motifs is 1. The van der Waals surface area contributed by atoms with Gasteiger partial charge in [-0.2, -0.15) is 0 Å². The summed E-state index contributed by atoms with van der Waals surface area (Å²) in [6.45, 7) is 0.723. The fraction of sp³-hybridized carbons (Fsp3) is 0.0769. The topological polar surface area (TPSA) is 76.4 Å². The predicted molar refractivity (Wildman–Crippen MR) is 75.7 cm³/mol. The van der Waals surface area contributed by atoms with E-state index in [2.05, 4.69) is 14.7 Å². The molecule has 1 aromatic carbocycles. The Morgan fingerprint density at radius 1 is 1.42 bits per heavy atom. The standard InChI is InChI=1S/C13H12N4OS/c14-13(16-18)10-2-1-3-11-9(10)4-6-17(11)8-12-15-5-7-19-12/h1-7,18H,8H2,(H2,14,16). The van der Waals surface area contributed by atoms with Gasteiger partial charge >= 0.3 is 0 Å². The van der Waals surface area contributed by atoms with Crippen LogP contribution in [0.3, 0.4) is 0 Å². The highest BCUT2D eigenvalue weighted by Gasteiger charge is 2.09. The highest BCUT2D eigenvalue weighted by atomic mass is 32.1. The molecule has 2 heterocycles. The molecule has 0 bridgehead atoms. The molecule has 0 aliphatic carbocycles. The first-order valence-electron chi connectivity index (χ1n) is 5.73. The van der Waals surface area contributed by atoms with Crippen molar-refractivity contribution in [2.75, 3.05) is 0 Å². The van der Waals surface area contributed by atoms with E-state index in [9.17, 15) is 0 Å². The summed E-state index contributed by atoms with van der Waals surface area (Å²) < 4.78 is 2.10. The Morgan fingerprint density at radius 3 is 3.05 bits per heavy atom. The Morgan fingerprint density at radius 2 is 2.32 bits per heavy atom. The van der Waals surface area contributed by atoms with Gasteiger partial charge in [0.15, 0.2) is 5.84 Å². The van der Waals surface area contributed by atoms with E-state index in [0.717, 1.165) is 28.0 Å². The van der Waals surface area contributed by atoms with E-state index < -0.39 is 0 Å². The molecule has 3 aromatic rings. The van der Waals surface area contributed by atoms with Crippen LogP contribution < -0.4 is 5.73 Å². The van der Waals surface area contributed by atoms with Crippen molar-refractivity contribution in [1.29, 1.82) is 0 Å². The summed E-state index contributed by atoms with van der Waals surface area (Å²) in [4.78, 5) is 4.28. The SMILES string of the molecule is N/C(=N/O)c1cccc2c1ccn2Cc1nccs1. The Labute approximate surface area is 113 Å². The van der Waals surface area contributed by atoms with Gasteiger partial charge in [0, 0.05) is 34.2 Å². The lowest BCUT2D eigenvalue weighted by molar-refractivity contribution is 0.318. The molecule has 2 aromatic heterocycles. The van der Waals surface area contributed by atoms with Gasteiger partial charge in [-0.25, -0.2) is 4.98 Å². The third-order valence-electron chi connectivity index (χ3n) is 2.99. The molecule has 0 radical (unpaired) electrons. The van der Waals surface area contributed by atoms with Crippen LogP contribution in [0, 0.1) is 0 Å². The normalized spacial score (nSPS) is 12.1. The molecular formula is C13H12N4OS. The Balaban J connectivity index is 2.09. The molecule has 0 saturated heterocycles. The monoisotopic (exact) mass is 272 g/mol. The van der Waals surface area contributed by atoms with Gasteiger partial charge in [-0.1, -0.05) is 17.3 Å². The number of oxime groups is 1. The average molecular weight is 272 g/mol. The van der Waals surface area contributed by atoms with Crippen LogP contribution in [-0.2, 0) is 6.54 Å². The van der Waals surface area contributed by atoms with Gasteiger partial charge in [0.2, 0.25) is 0 Å². The number of aromatic nitrogens is 2. The van der Waals surface area contributed by atoms with Crippen LogP contribution in [0.4, 0.5) is 0 Å². The molecule has 96 valence electrons. The van der Waals surface area contributed by atoms with Crippen LogP contribution in [0.1, 0.15) is 10.6 Å². The van der Waals surface area contributed by atoms with Crippen molar-refractivity contribution in [2.45, 2.75) is 6.54 Å². The number of rotatable bonds is 3.